The lowest BCUT2D eigenvalue weighted by atomic mass is 9.95. The molecule has 0 amide bonds. The van der Waals surface area contributed by atoms with E-state index >= 15 is 0 Å². The van der Waals surface area contributed by atoms with E-state index in [-0.39, 0.29) is 17.4 Å². The Labute approximate surface area is 126 Å². The van der Waals surface area contributed by atoms with E-state index in [1.165, 1.54) is 0 Å². The highest BCUT2D eigenvalue weighted by atomic mass is 16.1. The van der Waals surface area contributed by atoms with Crippen molar-refractivity contribution in [2.75, 3.05) is 0 Å². The number of rotatable bonds is 5. The number of Topliss-reactive ketones (excluding diaryl/α,β-unsaturated/α-hetero) is 1. The van der Waals surface area contributed by atoms with Crippen LogP contribution in [0.5, 0.6) is 0 Å². The zero-order valence-electron chi connectivity index (χ0n) is 12.8. The van der Waals surface area contributed by atoms with Gasteiger partial charge >= 0.3 is 0 Å². The first-order chi connectivity index (χ1) is 9.96. The van der Waals surface area contributed by atoms with Crippen molar-refractivity contribution < 1.29 is 4.79 Å². The summed E-state index contributed by atoms with van der Waals surface area (Å²) >= 11 is 0. The summed E-state index contributed by atoms with van der Waals surface area (Å²) in [5.41, 5.74) is 1.73. The van der Waals surface area contributed by atoms with Crippen LogP contribution in [0.1, 0.15) is 49.2 Å². The van der Waals surface area contributed by atoms with E-state index in [1.807, 2.05) is 24.3 Å². The van der Waals surface area contributed by atoms with Gasteiger partial charge < -0.3 is 5.32 Å². The highest BCUT2D eigenvalue weighted by Crippen LogP contribution is 2.22. The summed E-state index contributed by atoms with van der Waals surface area (Å²) in [4.78, 5) is 16.5. The van der Waals surface area contributed by atoms with Crippen LogP contribution in [0, 0.1) is 0 Å². The molecule has 1 aromatic heterocycles. The average molecular weight is 282 g/mol. The predicted molar refractivity (Wildman–Crippen MR) is 85.3 cm³/mol. The summed E-state index contributed by atoms with van der Waals surface area (Å²) in [6.07, 6.45) is 3.73. The van der Waals surface area contributed by atoms with E-state index < -0.39 is 0 Å². The van der Waals surface area contributed by atoms with Crippen LogP contribution in [0.2, 0.25) is 0 Å². The minimum absolute atomic E-state index is 0.00101. The molecule has 1 aromatic carbocycles. The maximum atomic E-state index is 12.4. The molecule has 0 fully saturated rings. The minimum Gasteiger partial charge on any atom is -0.305 e. The molecule has 0 bridgehead atoms. The Bertz CT molecular complexity index is 573. The fourth-order valence-corrected chi connectivity index (χ4v) is 2.29. The first kappa shape index (κ1) is 15.4. The van der Waals surface area contributed by atoms with Gasteiger partial charge in [0.25, 0.3) is 0 Å². The molecule has 0 aliphatic rings. The Kier molecular flexibility index (Phi) is 4.86. The van der Waals surface area contributed by atoms with Crippen molar-refractivity contribution in [1.82, 2.24) is 10.3 Å². The average Bonchev–Trinajstić information content (AvgIpc) is 2.47. The Balaban J connectivity index is 2.19. The molecule has 0 saturated carbocycles. The number of hydrogen-bond donors (Lipinski definition) is 1. The van der Waals surface area contributed by atoms with Crippen LogP contribution in [-0.2, 0) is 0 Å². The molecule has 0 radical (unpaired) electrons. The van der Waals surface area contributed by atoms with E-state index in [0.29, 0.717) is 12.0 Å². The summed E-state index contributed by atoms with van der Waals surface area (Å²) in [6.45, 7) is 6.33. The number of pyridine rings is 1. The number of ketones is 1. The number of benzene rings is 1. The highest BCUT2D eigenvalue weighted by Gasteiger charge is 2.22. The lowest BCUT2D eigenvalue weighted by Gasteiger charge is -2.28. The Morgan fingerprint density at radius 2 is 1.86 bits per heavy atom. The topological polar surface area (TPSA) is 42.0 Å². The smallest absolute Gasteiger partial charge is 0.166 e. The number of carbonyl (C=O) groups excluding carboxylic acids is 1. The third kappa shape index (κ3) is 4.80. The molecule has 3 heteroatoms. The number of nitrogens with one attached hydrogen (secondary N) is 1. The first-order valence-electron chi connectivity index (χ1n) is 7.21. The van der Waals surface area contributed by atoms with Crippen molar-refractivity contribution in [3.8, 4) is 0 Å². The van der Waals surface area contributed by atoms with Gasteiger partial charge in [0.2, 0.25) is 0 Å². The van der Waals surface area contributed by atoms with Gasteiger partial charge in [-0.2, -0.15) is 0 Å². The molecular weight excluding hydrogens is 260 g/mol. The first-order valence-corrected chi connectivity index (χ1v) is 7.21. The second-order valence-corrected chi connectivity index (χ2v) is 6.23. The standard InChI is InChI=1S/C18H22N2O/c1-18(2,3)20-16(14-8-5-4-6-9-14)12-17(21)15-10-7-11-19-13-15/h4-11,13,16,20H,12H2,1-3H3. The molecule has 2 aromatic rings. The van der Waals surface area contributed by atoms with Gasteiger partial charge in [-0.25, -0.2) is 0 Å². The number of carbonyl (C=O) groups is 1. The molecule has 0 aliphatic carbocycles. The van der Waals surface area contributed by atoms with Crippen molar-refractivity contribution in [1.29, 1.82) is 0 Å². The van der Waals surface area contributed by atoms with Crippen LogP contribution in [0.25, 0.3) is 0 Å². The SMILES string of the molecule is CC(C)(C)NC(CC(=O)c1cccnc1)c1ccccc1. The zero-order chi connectivity index (χ0) is 15.3. The van der Waals surface area contributed by atoms with Gasteiger partial charge in [0.05, 0.1) is 0 Å². The minimum atomic E-state index is -0.0598. The lowest BCUT2D eigenvalue weighted by molar-refractivity contribution is 0.0963. The molecule has 0 saturated heterocycles. The molecule has 110 valence electrons. The van der Waals surface area contributed by atoms with Crippen molar-refractivity contribution >= 4 is 5.78 Å². The molecule has 1 unspecified atom stereocenters. The Morgan fingerprint density at radius 3 is 2.43 bits per heavy atom. The molecule has 1 N–H and O–H groups in total. The fraction of sp³-hybridized carbons (Fsp3) is 0.333. The lowest BCUT2D eigenvalue weighted by Crippen LogP contribution is -2.39. The largest absolute Gasteiger partial charge is 0.305 e. The maximum absolute atomic E-state index is 12.4. The van der Waals surface area contributed by atoms with Gasteiger partial charge in [0.15, 0.2) is 5.78 Å². The molecular formula is C18H22N2O. The van der Waals surface area contributed by atoms with E-state index in [1.54, 1.807) is 18.5 Å². The number of hydrogen-bond acceptors (Lipinski definition) is 3. The normalized spacial score (nSPS) is 12.9. The third-order valence-corrected chi connectivity index (χ3v) is 3.18. The third-order valence-electron chi connectivity index (χ3n) is 3.18. The molecule has 1 atom stereocenters. The second kappa shape index (κ2) is 6.64. The van der Waals surface area contributed by atoms with Crippen molar-refractivity contribution in [2.45, 2.75) is 38.8 Å². The number of aromatic nitrogens is 1. The van der Waals surface area contributed by atoms with Crippen LogP contribution in [0.4, 0.5) is 0 Å². The summed E-state index contributed by atoms with van der Waals surface area (Å²) in [7, 11) is 0. The van der Waals surface area contributed by atoms with E-state index in [2.05, 4.69) is 43.2 Å². The van der Waals surface area contributed by atoms with Crippen LogP contribution < -0.4 is 5.32 Å². The predicted octanol–water partition coefficient (Wildman–Crippen LogP) is 3.78. The van der Waals surface area contributed by atoms with Gasteiger partial charge in [-0.3, -0.25) is 9.78 Å². The van der Waals surface area contributed by atoms with Crippen LogP contribution in [-0.4, -0.2) is 16.3 Å². The molecule has 0 spiro atoms. The van der Waals surface area contributed by atoms with Crippen LogP contribution >= 0.6 is 0 Å². The summed E-state index contributed by atoms with van der Waals surface area (Å²) in [5, 5.41) is 3.53. The summed E-state index contributed by atoms with van der Waals surface area (Å²) < 4.78 is 0. The monoisotopic (exact) mass is 282 g/mol. The molecule has 0 aliphatic heterocycles. The van der Waals surface area contributed by atoms with Crippen molar-refractivity contribution in [3.63, 3.8) is 0 Å². The summed E-state index contributed by atoms with van der Waals surface area (Å²) in [6, 6.07) is 13.7. The molecule has 3 nitrogen and oxygen atoms in total. The highest BCUT2D eigenvalue weighted by molar-refractivity contribution is 5.96. The molecule has 1 heterocycles. The van der Waals surface area contributed by atoms with Crippen LogP contribution in [0.15, 0.2) is 54.9 Å². The maximum Gasteiger partial charge on any atom is 0.166 e. The second-order valence-electron chi connectivity index (χ2n) is 6.23. The van der Waals surface area contributed by atoms with E-state index in [0.717, 1.165) is 5.56 Å². The van der Waals surface area contributed by atoms with E-state index in [9.17, 15) is 4.79 Å². The molecule has 2 rings (SSSR count). The summed E-state index contributed by atoms with van der Waals surface area (Å²) in [5.74, 6) is 0.105. The van der Waals surface area contributed by atoms with Crippen molar-refractivity contribution in [2.24, 2.45) is 0 Å². The van der Waals surface area contributed by atoms with Gasteiger partial charge in [0.1, 0.15) is 0 Å². The van der Waals surface area contributed by atoms with Gasteiger partial charge in [-0.05, 0) is 38.5 Å². The van der Waals surface area contributed by atoms with Gasteiger partial charge in [-0.15, -0.1) is 0 Å². The quantitative estimate of drug-likeness (QED) is 0.848. The number of nitrogens with zero attached hydrogens (tertiary/aromatic N) is 1. The van der Waals surface area contributed by atoms with Crippen molar-refractivity contribution in [3.05, 3.63) is 66.0 Å². The Morgan fingerprint density at radius 1 is 1.14 bits per heavy atom. The zero-order valence-corrected chi connectivity index (χ0v) is 12.8. The fourth-order valence-electron chi connectivity index (χ4n) is 2.29. The van der Waals surface area contributed by atoms with Gasteiger partial charge in [-0.1, -0.05) is 30.3 Å². The van der Waals surface area contributed by atoms with Crippen LogP contribution in [0.3, 0.4) is 0 Å². The Hall–Kier alpha value is -2.00. The van der Waals surface area contributed by atoms with E-state index in [4.69, 9.17) is 0 Å². The van der Waals surface area contributed by atoms with Gasteiger partial charge in [0, 0.05) is 36.0 Å². The molecule has 21 heavy (non-hydrogen) atoms.